The van der Waals surface area contributed by atoms with Crippen molar-refractivity contribution in [2.24, 2.45) is 16.5 Å². The Morgan fingerprint density at radius 1 is 1.23 bits per heavy atom. The number of hydrogen-bond donors (Lipinski definition) is 4. The second-order valence-electron chi connectivity index (χ2n) is 7.63. The Morgan fingerprint density at radius 2 is 1.94 bits per heavy atom. The van der Waals surface area contributed by atoms with Crippen LogP contribution in [0.15, 0.2) is 35.3 Å². The molecule has 2 rings (SSSR count). The zero-order valence-corrected chi connectivity index (χ0v) is 18.6. The maximum absolute atomic E-state index is 13.2. The van der Waals surface area contributed by atoms with Gasteiger partial charge in [0.15, 0.2) is 5.96 Å². The highest BCUT2D eigenvalue weighted by Crippen LogP contribution is 2.20. The molecule has 1 aromatic rings. The molecule has 10 nitrogen and oxygen atoms in total. The van der Waals surface area contributed by atoms with Crippen LogP contribution in [0.25, 0.3) is 0 Å². The Kier molecular flexibility index (Phi) is 9.25. The Balaban J connectivity index is 1.99. The third-order valence-corrected chi connectivity index (χ3v) is 5.67. The van der Waals surface area contributed by atoms with E-state index in [0.717, 1.165) is 18.2 Å². The summed E-state index contributed by atoms with van der Waals surface area (Å²) in [5.74, 6) is -0.581. The van der Waals surface area contributed by atoms with E-state index in [9.17, 15) is 18.0 Å². The zero-order chi connectivity index (χ0) is 22.9. The third kappa shape index (κ3) is 8.54. The molecule has 6 N–H and O–H groups in total. The van der Waals surface area contributed by atoms with Crippen LogP contribution in [0.1, 0.15) is 31.2 Å². The maximum atomic E-state index is 13.2. The summed E-state index contributed by atoms with van der Waals surface area (Å²) < 4.78 is 26.1. The quantitative estimate of drug-likeness (QED) is 0.197. The molecule has 0 bridgehead atoms. The fourth-order valence-corrected chi connectivity index (χ4v) is 4.27. The lowest BCUT2D eigenvalue weighted by atomic mass is 10.1. The van der Waals surface area contributed by atoms with Gasteiger partial charge in [-0.15, -0.1) is 0 Å². The van der Waals surface area contributed by atoms with Crippen molar-refractivity contribution in [1.29, 1.82) is 0 Å². The largest absolute Gasteiger partial charge is 0.370 e. The minimum atomic E-state index is -3.61. The number of sulfonamides is 1. The molecule has 2 unspecified atom stereocenters. The standard InChI is InChI=1S/C20H32N6O4S/c1-31(29,30)25-16(14-15-8-3-2-4-9-15)19(28)26-13-7-10-17(26)18(27)23-11-5-6-12-24-20(21)22/h2-4,8-9,16-17,25H,5-7,10-14H2,1H3,(H,23,27)(H4,21,22,24). The second-order valence-corrected chi connectivity index (χ2v) is 9.41. The van der Waals surface area contributed by atoms with Crippen molar-refractivity contribution in [1.82, 2.24) is 14.9 Å². The van der Waals surface area contributed by atoms with Crippen LogP contribution in [0, 0.1) is 0 Å². The van der Waals surface area contributed by atoms with Crippen molar-refractivity contribution in [3.8, 4) is 0 Å². The van der Waals surface area contributed by atoms with Crippen LogP contribution in [-0.2, 0) is 26.0 Å². The summed E-state index contributed by atoms with van der Waals surface area (Å²) in [6, 6.07) is 7.60. The second kappa shape index (κ2) is 11.7. The number of unbranched alkanes of at least 4 members (excludes halogenated alkanes) is 1. The van der Waals surface area contributed by atoms with Crippen LogP contribution in [-0.4, -0.2) is 69.1 Å². The summed E-state index contributed by atoms with van der Waals surface area (Å²) in [6.07, 6.45) is 3.89. The average Bonchev–Trinajstić information content (AvgIpc) is 3.19. The normalized spacial score (nSPS) is 17.2. The summed E-state index contributed by atoms with van der Waals surface area (Å²) in [5.41, 5.74) is 11.4. The lowest BCUT2D eigenvalue weighted by molar-refractivity contribution is -0.139. The number of guanidine groups is 1. The molecule has 0 spiro atoms. The van der Waals surface area contributed by atoms with Crippen LogP contribution in [0.4, 0.5) is 0 Å². The smallest absolute Gasteiger partial charge is 0.242 e. The number of likely N-dealkylation sites (tertiary alicyclic amines) is 1. The highest BCUT2D eigenvalue weighted by Gasteiger charge is 2.37. The number of carbonyl (C=O) groups excluding carboxylic acids is 2. The van der Waals surface area contributed by atoms with E-state index in [2.05, 4.69) is 15.0 Å². The molecule has 2 amide bonds. The maximum Gasteiger partial charge on any atom is 0.242 e. The lowest BCUT2D eigenvalue weighted by Crippen LogP contribution is -2.54. The topological polar surface area (TPSA) is 160 Å². The minimum absolute atomic E-state index is 0.0388. The van der Waals surface area contributed by atoms with Crippen LogP contribution in [0.2, 0.25) is 0 Å². The molecule has 11 heteroatoms. The van der Waals surface area contributed by atoms with Gasteiger partial charge in [-0.25, -0.2) is 13.1 Å². The minimum Gasteiger partial charge on any atom is -0.370 e. The molecule has 1 aliphatic rings. The number of nitrogens with one attached hydrogen (secondary N) is 2. The molecule has 0 radical (unpaired) electrons. The summed E-state index contributed by atoms with van der Waals surface area (Å²) in [7, 11) is -3.61. The van der Waals surface area contributed by atoms with Crippen LogP contribution < -0.4 is 21.5 Å². The van der Waals surface area contributed by atoms with Crippen LogP contribution in [0.5, 0.6) is 0 Å². The van der Waals surface area contributed by atoms with Gasteiger partial charge >= 0.3 is 0 Å². The predicted octanol–water partition coefficient (Wildman–Crippen LogP) is -0.692. The molecular formula is C20H32N6O4S. The number of carbonyl (C=O) groups is 2. The van der Waals surface area contributed by atoms with Crippen molar-refractivity contribution < 1.29 is 18.0 Å². The third-order valence-electron chi connectivity index (χ3n) is 4.95. The molecule has 2 atom stereocenters. The Bertz CT molecular complexity index is 871. The van der Waals surface area contributed by atoms with Crippen molar-refractivity contribution in [2.45, 2.75) is 44.2 Å². The van der Waals surface area contributed by atoms with E-state index in [-0.39, 0.29) is 24.2 Å². The Morgan fingerprint density at radius 3 is 2.58 bits per heavy atom. The van der Waals surface area contributed by atoms with Crippen LogP contribution >= 0.6 is 0 Å². The van der Waals surface area contributed by atoms with E-state index in [0.29, 0.717) is 38.9 Å². The van der Waals surface area contributed by atoms with Gasteiger partial charge in [0.05, 0.1) is 6.26 Å². The number of benzene rings is 1. The molecule has 1 heterocycles. The first-order valence-corrected chi connectivity index (χ1v) is 12.2. The summed E-state index contributed by atoms with van der Waals surface area (Å²) in [5, 5.41) is 2.85. The molecule has 0 aromatic heterocycles. The summed E-state index contributed by atoms with van der Waals surface area (Å²) >= 11 is 0. The van der Waals surface area contributed by atoms with Crippen molar-refractivity contribution in [2.75, 3.05) is 25.9 Å². The molecule has 0 aliphatic carbocycles. The fourth-order valence-electron chi connectivity index (χ4n) is 3.57. The zero-order valence-electron chi connectivity index (χ0n) is 17.8. The molecule has 31 heavy (non-hydrogen) atoms. The summed E-state index contributed by atoms with van der Waals surface area (Å²) in [6.45, 7) is 1.36. The van der Waals surface area contributed by atoms with Crippen molar-refractivity contribution in [3.05, 3.63) is 35.9 Å². The fraction of sp³-hybridized carbons (Fsp3) is 0.550. The van der Waals surface area contributed by atoms with Crippen LogP contribution in [0.3, 0.4) is 0 Å². The van der Waals surface area contributed by atoms with Gasteiger partial charge in [0.25, 0.3) is 0 Å². The van der Waals surface area contributed by atoms with Gasteiger partial charge in [0, 0.05) is 19.6 Å². The average molecular weight is 453 g/mol. The Labute approximate surface area is 183 Å². The molecule has 1 aliphatic heterocycles. The van der Waals surface area contributed by atoms with E-state index in [1.54, 1.807) is 0 Å². The lowest BCUT2D eigenvalue weighted by Gasteiger charge is -2.28. The van der Waals surface area contributed by atoms with Gasteiger partial charge in [-0.1, -0.05) is 30.3 Å². The van der Waals surface area contributed by atoms with Gasteiger partial charge in [-0.3, -0.25) is 14.6 Å². The number of hydrogen-bond acceptors (Lipinski definition) is 5. The molecule has 172 valence electrons. The molecule has 1 saturated heterocycles. The highest BCUT2D eigenvalue weighted by molar-refractivity contribution is 7.88. The van der Waals surface area contributed by atoms with E-state index in [4.69, 9.17) is 11.5 Å². The van der Waals surface area contributed by atoms with E-state index >= 15 is 0 Å². The first-order valence-electron chi connectivity index (χ1n) is 10.3. The Hall–Kier alpha value is -2.66. The van der Waals surface area contributed by atoms with Gasteiger partial charge in [0.2, 0.25) is 21.8 Å². The molecule has 0 saturated carbocycles. The summed E-state index contributed by atoms with van der Waals surface area (Å²) in [4.78, 5) is 31.2. The van der Waals surface area contributed by atoms with Gasteiger partial charge in [-0.05, 0) is 37.7 Å². The first-order chi connectivity index (χ1) is 14.7. The molecule has 1 fully saturated rings. The van der Waals surface area contributed by atoms with Gasteiger partial charge < -0.3 is 21.7 Å². The van der Waals surface area contributed by atoms with E-state index < -0.39 is 22.1 Å². The number of amides is 2. The monoisotopic (exact) mass is 452 g/mol. The van der Waals surface area contributed by atoms with Gasteiger partial charge in [0.1, 0.15) is 12.1 Å². The van der Waals surface area contributed by atoms with E-state index in [1.807, 2.05) is 30.3 Å². The van der Waals surface area contributed by atoms with Gasteiger partial charge in [-0.2, -0.15) is 0 Å². The predicted molar refractivity (Wildman–Crippen MR) is 120 cm³/mol. The highest BCUT2D eigenvalue weighted by atomic mass is 32.2. The van der Waals surface area contributed by atoms with Crippen molar-refractivity contribution in [3.63, 3.8) is 0 Å². The molecular weight excluding hydrogens is 420 g/mol. The number of nitrogens with zero attached hydrogens (tertiary/aromatic N) is 2. The van der Waals surface area contributed by atoms with E-state index in [1.165, 1.54) is 4.90 Å². The first kappa shape index (κ1) is 24.6. The molecule has 1 aromatic carbocycles. The SMILES string of the molecule is CS(=O)(=O)NC(Cc1ccccc1)C(=O)N1CCCC1C(=O)NCCCCN=C(N)N. The van der Waals surface area contributed by atoms with Crippen molar-refractivity contribution >= 4 is 27.8 Å². The number of rotatable bonds is 11. The number of aliphatic imine (C=N–C) groups is 1. The number of nitrogens with two attached hydrogens (primary N) is 2.